The molecular formula is C25H28ClF4N3O2. The van der Waals surface area contributed by atoms with E-state index in [1.807, 2.05) is 24.3 Å². The summed E-state index contributed by atoms with van der Waals surface area (Å²) in [6, 6.07) is 9.31. The van der Waals surface area contributed by atoms with Gasteiger partial charge in [-0.05, 0) is 81.6 Å². The lowest BCUT2D eigenvalue weighted by atomic mass is 9.95. The Morgan fingerprint density at radius 2 is 1.69 bits per heavy atom. The van der Waals surface area contributed by atoms with Crippen LogP contribution in [0.2, 0.25) is 5.02 Å². The van der Waals surface area contributed by atoms with E-state index < -0.39 is 40.5 Å². The van der Waals surface area contributed by atoms with Crippen molar-refractivity contribution in [3.63, 3.8) is 0 Å². The number of carbonyl (C=O) groups excluding carboxylic acids is 2. The molecule has 0 atom stereocenters. The van der Waals surface area contributed by atoms with Crippen LogP contribution in [0.3, 0.4) is 0 Å². The molecule has 35 heavy (non-hydrogen) atoms. The van der Waals surface area contributed by atoms with Crippen molar-refractivity contribution in [3.05, 3.63) is 70.0 Å². The average molecular weight is 514 g/mol. The third-order valence-electron chi connectivity index (χ3n) is 6.06. The summed E-state index contributed by atoms with van der Waals surface area (Å²) in [6.45, 7) is 5.89. The van der Waals surface area contributed by atoms with Crippen molar-refractivity contribution >= 4 is 23.4 Å². The molecule has 2 N–H and O–H groups in total. The summed E-state index contributed by atoms with van der Waals surface area (Å²) in [7, 11) is 0. The molecule has 0 aliphatic carbocycles. The zero-order valence-electron chi connectivity index (χ0n) is 19.5. The van der Waals surface area contributed by atoms with Gasteiger partial charge in [-0.25, -0.2) is 4.39 Å². The lowest BCUT2D eigenvalue weighted by Gasteiger charge is -2.33. The first-order valence-electron chi connectivity index (χ1n) is 11.3. The van der Waals surface area contributed by atoms with Crippen molar-refractivity contribution in [3.8, 4) is 0 Å². The Bertz CT molecular complexity index is 1050. The lowest BCUT2D eigenvalue weighted by molar-refractivity contribution is -0.137. The fraction of sp³-hybridized carbons (Fsp3) is 0.440. The second kappa shape index (κ2) is 11.0. The van der Waals surface area contributed by atoms with Crippen molar-refractivity contribution in [2.45, 2.75) is 44.9 Å². The van der Waals surface area contributed by atoms with Crippen LogP contribution in [0.1, 0.15) is 48.2 Å². The summed E-state index contributed by atoms with van der Waals surface area (Å²) in [6.07, 6.45) is -3.01. The highest BCUT2D eigenvalue weighted by atomic mass is 35.5. The topological polar surface area (TPSA) is 61.4 Å². The quantitative estimate of drug-likeness (QED) is 0.510. The molecular weight excluding hydrogens is 486 g/mol. The Labute approximate surface area is 206 Å². The Kier molecular flexibility index (Phi) is 8.43. The number of nitrogens with one attached hydrogen (secondary N) is 2. The van der Waals surface area contributed by atoms with Gasteiger partial charge >= 0.3 is 6.18 Å². The summed E-state index contributed by atoms with van der Waals surface area (Å²) < 4.78 is 52.4. The monoisotopic (exact) mass is 513 g/mol. The molecule has 1 aliphatic rings. The molecule has 0 saturated carbocycles. The van der Waals surface area contributed by atoms with Crippen LogP contribution in [-0.2, 0) is 17.5 Å². The van der Waals surface area contributed by atoms with Crippen molar-refractivity contribution in [2.24, 2.45) is 5.92 Å². The molecule has 0 aromatic heterocycles. The number of hydrogen-bond donors (Lipinski definition) is 2. The number of rotatable bonds is 7. The number of nitrogens with zero attached hydrogens (tertiary/aromatic N) is 1. The third-order valence-corrected chi connectivity index (χ3v) is 6.31. The van der Waals surface area contributed by atoms with Crippen LogP contribution in [0, 0.1) is 11.7 Å². The van der Waals surface area contributed by atoms with Gasteiger partial charge in [0.2, 0.25) is 5.91 Å². The minimum absolute atomic E-state index is 0.268. The van der Waals surface area contributed by atoms with Crippen LogP contribution in [0.15, 0.2) is 42.5 Å². The molecule has 0 spiro atoms. The minimum atomic E-state index is -4.80. The van der Waals surface area contributed by atoms with E-state index in [1.165, 1.54) is 19.4 Å². The number of benzene rings is 2. The standard InChI is InChI=1S/C25H28ClF4N3O2/c1-24(2,32-22(34)18-11-19(25(28,29)30)13-21(27)12-18)23(35)31-14-16-7-9-33(10-8-16)15-17-3-5-20(26)6-4-17/h3-6,11-13,16H,7-10,14-15H2,1-2H3,(H,31,35)(H,32,34). The zero-order chi connectivity index (χ0) is 25.8. The van der Waals surface area contributed by atoms with E-state index in [2.05, 4.69) is 15.5 Å². The van der Waals surface area contributed by atoms with Gasteiger partial charge in [0.25, 0.3) is 5.91 Å². The predicted octanol–water partition coefficient (Wildman–Crippen LogP) is 5.03. The van der Waals surface area contributed by atoms with E-state index in [9.17, 15) is 27.2 Å². The smallest absolute Gasteiger partial charge is 0.354 e. The molecule has 1 saturated heterocycles. The van der Waals surface area contributed by atoms with Gasteiger partial charge in [0.1, 0.15) is 11.4 Å². The van der Waals surface area contributed by atoms with Crippen molar-refractivity contribution in [1.29, 1.82) is 0 Å². The summed E-state index contributed by atoms with van der Waals surface area (Å²) >= 11 is 5.93. The molecule has 1 fully saturated rings. The summed E-state index contributed by atoms with van der Waals surface area (Å²) in [5.41, 5.74) is -2.00. The molecule has 2 aromatic rings. The van der Waals surface area contributed by atoms with Crippen LogP contribution >= 0.6 is 11.6 Å². The normalized spacial score (nSPS) is 15.6. The molecule has 2 amide bonds. The van der Waals surface area contributed by atoms with Gasteiger partial charge in [0.15, 0.2) is 0 Å². The summed E-state index contributed by atoms with van der Waals surface area (Å²) in [5, 5.41) is 5.93. The lowest BCUT2D eigenvalue weighted by Crippen LogP contribution is -2.55. The zero-order valence-corrected chi connectivity index (χ0v) is 20.3. The van der Waals surface area contributed by atoms with Gasteiger partial charge in [-0.15, -0.1) is 0 Å². The molecule has 1 heterocycles. The molecule has 1 aliphatic heterocycles. The first-order chi connectivity index (χ1) is 16.3. The van der Waals surface area contributed by atoms with Gasteiger partial charge in [0, 0.05) is 23.7 Å². The highest BCUT2D eigenvalue weighted by molar-refractivity contribution is 6.30. The molecule has 3 rings (SSSR count). The number of piperidine rings is 1. The highest BCUT2D eigenvalue weighted by Crippen LogP contribution is 2.30. The van der Waals surface area contributed by atoms with Crippen molar-refractivity contribution in [2.75, 3.05) is 19.6 Å². The van der Waals surface area contributed by atoms with Crippen LogP contribution < -0.4 is 10.6 Å². The molecule has 5 nitrogen and oxygen atoms in total. The van der Waals surface area contributed by atoms with Crippen LogP contribution in [0.4, 0.5) is 17.6 Å². The highest BCUT2D eigenvalue weighted by Gasteiger charge is 2.34. The predicted molar refractivity (Wildman–Crippen MR) is 125 cm³/mol. The Hall–Kier alpha value is -2.65. The molecule has 2 aromatic carbocycles. The van der Waals surface area contributed by atoms with Crippen molar-refractivity contribution in [1.82, 2.24) is 15.5 Å². The first kappa shape index (κ1) is 26.9. The molecule has 0 bridgehead atoms. The maximum absolute atomic E-state index is 13.6. The largest absolute Gasteiger partial charge is 0.416 e. The van der Waals surface area contributed by atoms with Crippen LogP contribution in [0.5, 0.6) is 0 Å². The van der Waals surface area contributed by atoms with E-state index in [1.54, 1.807) is 0 Å². The number of hydrogen-bond acceptors (Lipinski definition) is 3. The Morgan fingerprint density at radius 3 is 2.29 bits per heavy atom. The fourth-order valence-electron chi connectivity index (χ4n) is 3.95. The van der Waals surface area contributed by atoms with Gasteiger partial charge < -0.3 is 10.6 Å². The maximum atomic E-state index is 13.6. The van der Waals surface area contributed by atoms with E-state index in [0.717, 1.165) is 32.5 Å². The average Bonchev–Trinajstić information content (AvgIpc) is 2.78. The second-order valence-electron chi connectivity index (χ2n) is 9.36. The van der Waals surface area contributed by atoms with E-state index in [0.29, 0.717) is 29.8 Å². The number of halogens is 5. The molecule has 0 radical (unpaired) electrons. The second-order valence-corrected chi connectivity index (χ2v) is 9.80. The van der Waals surface area contributed by atoms with Gasteiger partial charge in [-0.2, -0.15) is 13.2 Å². The number of alkyl halides is 3. The summed E-state index contributed by atoms with van der Waals surface area (Å²) in [4.78, 5) is 27.5. The molecule has 0 unspecified atom stereocenters. The number of likely N-dealkylation sites (tertiary alicyclic amines) is 1. The first-order valence-corrected chi connectivity index (χ1v) is 11.7. The minimum Gasteiger partial charge on any atom is -0.354 e. The van der Waals surface area contributed by atoms with E-state index >= 15 is 0 Å². The van der Waals surface area contributed by atoms with Crippen LogP contribution in [-0.4, -0.2) is 41.9 Å². The van der Waals surface area contributed by atoms with Gasteiger partial charge in [-0.1, -0.05) is 23.7 Å². The van der Waals surface area contributed by atoms with E-state index in [-0.39, 0.29) is 5.92 Å². The van der Waals surface area contributed by atoms with Gasteiger partial charge in [0.05, 0.1) is 5.56 Å². The molecule has 10 heteroatoms. The summed E-state index contributed by atoms with van der Waals surface area (Å²) in [5.74, 6) is -2.35. The SMILES string of the molecule is CC(C)(NC(=O)c1cc(F)cc(C(F)(F)F)c1)C(=O)NCC1CCN(Cc2ccc(Cl)cc2)CC1. The Balaban J connectivity index is 1.48. The van der Waals surface area contributed by atoms with Crippen LogP contribution in [0.25, 0.3) is 0 Å². The molecule has 190 valence electrons. The number of amides is 2. The fourth-order valence-corrected chi connectivity index (χ4v) is 4.08. The van der Waals surface area contributed by atoms with Gasteiger partial charge in [-0.3, -0.25) is 14.5 Å². The Morgan fingerprint density at radius 1 is 1.06 bits per heavy atom. The third kappa shape index (κ3) is 7.67. The van der Waals surface area contributed by atoms with Crippen molar-refractivity contribution < 1.29 is 27.2 Å². The maximum Gasteiger partial charge on any atom is 0.416 e. The van der Waals surface area contributed by atoms with E-state index in [4.69, 9.17) is 11.6 Å². The number of carbonyl (C=O) groups is 2.